The molecule has 9 unspecified atom stereocenters. The van der Waals surface area contributed by atoms with Crippen LogP contribution in [0.2, 0.25) is 0 Å². The first-order valence-electron chi connectivity index (χ1n) is 26.4. The highest BCUT2D eigenvalue weighted by Gasteiger charge is 2.44. The van der Waals surface area contributed by atoms with E-state index in [2.05, 4.69) is 49.5 Å². The van der Waals surface area contributed by atoms with Crippen LogP contribution in [0, 0.1) is 0 Å². The second-order valence-electron chi connectivity index (χ2n) is 18.5. The molecule has 1 aliphatic rings. The topological polar surface area (TPSA) is 189 Å². The maximum Gasteiger partial charge on any atom is 0.249 e. The van der Waals surface area contributed by atoms with Crippen molar-refractivity contribution in [3.05, 3.63) is 36.5 Å². The van der Waals surface area contributed by atoms with E-state index in [1.54, 1.807) is 0 Å². The van der Waals surface area contributed by atoms with Crippen LogP contribution >= 0.6 is 0 Å². The summed E-state index contributed by atoms with van der Waals surface area (Å²) in [4.78, 5) is 13.1. The molecule has 1 fully saturated rings. The molecule has 1 saturated heterocycles. The maximum absolute atomic E-state index is 13.1. The number of aliphatic hydroxyl groups excluding tert-OH is 7. The predicted octanol–water partition coefficient (Wildman–Crippen LogP) is 9.95. The van der Waals surface area contributed by atoms with Gasteiger partial charge in [0.25, 0.3) is 0 Å². The molecule has 1 aliphatic heterocycles. The van der Waals surface area contributed by atoms with Crippen LogP contribution in [0.4, 0.5) is 0 Å². The number of unbranched alkanes of at least 4 members (excludes halogenated alkanes) is 26. The van der Waals surface area contributed by atoms with Crippen molar-refractivity contribution in [1.82, 2.24) is 5.32 Å². The average Bonchev–Trinajstić information content (AvgIpc) is 3.29. The normalized spacial score (nSPS) is 21.3. The van der Waals surface area contributed by atoms with Crippen molar-refractivity contribution in [1.29, 1.82) is 0 Å². The van der Waals surface area contributed by atoms with Gasteiger partial charge in [-0.1, -0.05) is 192 Å². The van der Waals surface area contributed by atoms with Gasteiger partial charge < -0.3 is 50.5 Å². The molecule has 0 bridgehead atoms. The molecule has 11 nitrogen and oxygen atoms in total. The Labute approximate surface area is 390 Å². The lowest BCUT2D eigenvalue weighted by molar-refractivity contribution is -0.303. The number of hydrogen-bond donors (Lipinski definition) is 8. The Balaban J connectivity index is 2.23. The average molecular weight is 910 g/mol. The van der Waals surface area contributed by atoms with E-state index in [0.717, 1.165) is 38.5 Å². The van der Waals surface area contributed by atoms with Crippen molar-refractivity contribution >= 4 is 5.91 Å². The minimum absolute atomic E-state index is 0.244. The van der Waals surface area contributed by atoms with Gasteiger partial charge in [-0.15, -0.1) is 0 Å². The molecule has 64 heavy (non-hydrogen) atoms. The van der Waals surface area contributed by atoms with E-state index in [-0.39, 0.29) is 12.8 Å². The van der Waals surface area contributed by atoms with Crippen LogP contribution in [0.3, 0.4) is 0 Å². The number of carbonyl (C=O) groups excluding carboxylic acids is 1. The van der Waals surface area contributed by atoms with Gasteiger partial charge in [-0.25, -0.2) is 0 Å². The molecule has 0 saturated carbocycles. The monoisotopic (exact) mass is 910 g/mol. The molecule has 0 aromatic rings. The van der Waals surface area contributed by atoms with Crippen molar-refractivity contribution in [2.45, 2.75) is 281 Å². The second-order valence-corrected chi connectivity index (χ2v) is 18.5. The molecule has 8 N–H and O–H groups in total. The summed E-state index contributed by atoms with van der Waals surface area (Å²) in [5.74, 6) is -0.713. The van der Waals surface area contributed by atoms with Gasteiger partial charge in [-0.05, 0) is 70.6 Å². The summed E-state index contributed by atoms with van der Waals surface area (Å²) in [7, 11) is 0. The van der Waals surface area contributed by atoms with E-state index in [4.69, 9.17) is 9.47 Å². The van der Waals surface area contributed by atoms with Gasteiger partial charge in [-0.2, -0.15) is 0 Å². The lowest BCUT2D eigenvalue weighted by atomic mass is 9.98. The summed E-state index contributed by atoms with van der Waals surface area (Å²) >= 11 is 0. The molecule has 9 atom stereocenters. The predicted molar refractivity (Wildman–Crippen MR) is 261 cm³/mol. The van der Waals surface area contributed by atoms with E-state index < -0.39 is 74.2 Å². The molecule has 0 aliphatic carbocycles. The number of nitrogens with one attached hydrogen (secondary N) is 1. The SMILES string of the molecule is CC/C=C/CC/C=C/CCCC(O)C(O)C(COC1OC(CO)C(O)C(O)C1O)NC(=O)C(O)CCCCCCCCCCCCCC/C=C\CCCCCCCCCCCCCC. The highest BCUT2D eigenvalue weighted by atomic mass is 16.7. The highest BCUT2D eigenvalue weighted by Crippen LogP contribution is 2.23. The maximum atomic E-state index is 13.1. The molecule has 0 aromatic carbocycles. The number of amides is 1. The third-order valence-corrected chi connectivity index (χ3v) is 12.7. The van der Waals surface area contributed by atoms with Gasteiger partial charge in [0.2, 0.25) is 5.91 Å². The molecule has 376 valence electrons. The summed E-state index contributed by atoms with van der Waals surface area (Å²) in [6, 6.07) is -1.19. The van der Waals surface area contributed by atoms with Crippen LogP contribution < -0.4 is 5.32 Å². The summed E-state index contributed by atoms with van der Waals surface area (Å²) in [6.07, 6.45) is 39.6. The van der Waals surface area contributed by atoms with Crippen molar-refractivity contribution in [2.75, 3.05) is 13.2 Å². The summed E-state index contributed by atoms with van der Waals surface area (Å²) < 4.78 is 11.1. The van der Waals surface area contributed by atoms with E-state index in [1.165, 1.54) is 141 Å². The minimum Gasteiger partial charge on any atom is -0.394 e. The fraction of sp³-hybridized carbons (Fsp3) is 0.868. The van der Waals surface area contributed by atoms with Gasteiger partial charge in [0.1, 0.15) is 36.6 Å². The van der Waals surface area contributed by atoms with Gasteiger partial charge in [0, 0.05) is 0 Å². The fourth-order valence-electron chi connectivity index (χ4n) is 8.34. The van der Waals surface area contributed by atoms with Gasteiger partial charge >= 0.3 is 0 Å². The zero-order valence-electron chi connectivity index (χ0n) is 40.8. The summed E-state index contributed by atoms with van der Waals surface area (Å²) in [5, 5.41) is 75.5. The number of allylic oxidation sites excluding steroid dienone is 6. The van der Waals surface area contributed by atoms with Crippen LogP contribution in [-0.2, 0) is 14.3 Å². The smallest absolute Gasteiger partial charge is 0.249 e. The van der Waals surface area contributed by atoms with Crippen molar-refractivity contribution in [2.24, 2.45) is 0 Å². The Kier molecular flexibility index (Phi) is 40.2. The van der Waals surface area contributed by atoms with E-state index in [1.807, 2.05) is 6.08 Å². The number of hydrogen-bond acceptors (Lipinski definition) is 10. The summed E-state index contributed by atoms with van der Waals surface area (Å²) in [5.41, 5.74) is 0. The number of rotatable bonds is 44. The minimum atomic E-state index is -1.67. The first-order chi connectivity index (χ1) is 31.2. The number of ether oxygens (including phenoxy) is 2. The molecule has 1 amide bonds. The lowest BCUT2D eigenvalue weighted by Gasteiger charge is -2.40. The van der Waals surface area contributed by atoms with E-state index >= 15 is 0 Å². The molecular weight excluding hydrogens is 811 g/mol. The number of aliphatic hydroxyl groups is 7. The van der Waals surface area contributed by atoms with Crippen LogP contribution in [0.25, 0.3) is 0 Å². The Morgan fingerprint density at radius 2 is 0.984 bits per heavy atom. The van der Waals surface area contributed by atoms with Crippen molar-refractivity contribution < 1.29 is 50.0 Å². The Morgan fingerprint density at radius 1 is 0.547 bits per heavy atom. The Bertz CT molecular complexity index is 1130. The largest absolute Gasteiger partial charge is 0.394 e. The van der Waals surface area contributed by atoms with E-state index in [9.17, 15) is 40.5 Å². The zero-order chi connectivity index (χ0) is 46.9. The third kappa shape index (κ3) is 31.3. The number of carbonyl (C=O) groups is 1. The molecule has 0 spiro atoms. The molecular formula is C53H99NO10. The standard InChI is InChI=1S/C53H99NO10/c1-3-5-7-9-11-13-14-15-16-17-18-19-20-21-22-23-24-25-26-27-28-29-30-31-33-35-37-39-41-46(57)52(62)54-44(43-63-53-51(61)50(60)49(59)47(42-55)64-53)48(58)45(56)40-38-36-34-32-12-10-8-6-4-2/h6,8,21-22,32,34,44-51,53,55-61H,3-5,7,9-20,23-31,33,35-43H2,1-2H3,(H,54,62)/b8-6+,22-21-,34-32+. The molecule has 0 radical (unpaired) electrons. The van der Waals surface area contributed by atoms with Gasteiger partial charge in [0.05, 0.1) is 25.4 Å². The van der Waals surface area contributed by atoms with Crippen LogP contribution in [-0.4, -0.2) is 110 Å². The van der Waals surface area contributed by atoms with Crippen molar-refractivity contribution in [3.63, 3.8) is 0 Å². The van der Waals surface area contributed by atoms with Gasteiger partial charge in [-0.3, -0.25) is 4.79 Å². The Hall–Kier alpha value is -1.67. The molecule has 11 heteroatoms. The van der Waals surface area contributed by atoms with Crippen LogP contribution in [0.1, 0.15) is 226 Å². The molecule has 1 heterocycles. The van der Waals surface area contributed by atoms with Gasteiger partial charge in [0.15, 0.2) is 6.29 Å². The molecule has 1 rings (SSSR count). The fourth-order valence-corrected chi connectivity index (χ4v) is 8.34. The zero-order valence-corrected chi connectivity index (χ0v) is 40.8. The third-order valence-electron chi connectivity index (χ3n) is 12.7. The first kappa shape index (κ1) is 60.3. The van der Waals surface area contributed by atoms with Crippen LogP contribution in [0.5, 0.6) is 0 Å². The Morgan fingerprint density at radius 3 is 1.47 bits per heavy atom. The van der Waals surface area contributed by atoms with Crippen molar-refractivity contribution in [3.8, 4) is 0 Å². The summed E-state index contributed by atoms with van der Waals surface area (Å²) in [6.45, 7) is 3.30. The van der Waals surface area contributed by atoms with E-state index in [0.29, 0.717) is 19.3 Å². The quantitative estimate of drug-likeness (QED) is 0.0216. The second kappa shape index (κ2) is 42.7. The van der Waals surface area contributed by atoms with Crippen LogP contribution in [0.15, 0.2) is 36.5 Å². The lowest BCUT2D eigenvalue weighted by Crippen LogP contribution is -2.60. The molecule has 0 aromatic heterocycles. The first-order valence-corrected chi connectivity index (χ1v) is 26.4. The highest BCUT2D eigenvalue weighted by molar-refractivity contribution is 5.80.